The van der Waals surface area contributed by atoms with E-state index in [0.717, 1.165) is 23.3 Å². The average Bonchev–Trinajstić information content (AvgIpc) is 2.84. The molecule has 0 radical (unpaired) electrons. The number of halogens is 1. The number of hydrogen-bond donors (Lipinski definition) is 1. The van der Waals surface area contributed by atoms with Gasteiger partial charge in [0, 0.05) is 17.2 Å². The van der Waals surface area contributed by atoms with E-state index in [1.165, 1.54) is 38.9 Å². The summed E-state index contributed by atoms with van der Waals surface area (Å²) in [6.07, 6.45) is 5.83. The average molecular weight is 298 g/mol. The van der Waals surface area contributed by atoms with Crippen molar-refractivity contribution in [1.29, 1.82) is 0 Å². The summed E-state index contributed by atoms with van der Waals surface area (Å²) in [5.41, 5.74) is 1.09. The van der Waals surface area contributed by atoms with Gasteiger partial charge in [-0.25, -0.2) is 0 Å². The molecule has 17 heavy (non-hydrogen) atoms. The van der Waals surface area contributed by atoms with Crippen LogP contribution in [-0.2, 0) is 6.54 Å². The summed E-state index contributed by atoms with van der Waals surface area (Å²) in [7, 11) is 0. The van der Waals surface area contributed by atoms with E-state index < -0.39 is 0 Å². The second-order valence-corrected chi connectivity index (χ2v) is 5.37. The molecule has 0 unspecified atom stereocenters. The summed E-state index contributed by atoms with van der Waals surface area (Å²) >= 11 is 3.51. The lowest BCUT2D eigenvalue weighted by molar-refractivity contribution is 0.331. The molecule has 0 aromatic carbocycles. The van der Waals surface area contributed by atoms with E-state index in [0.29, 0.717) is 0 Å². The van der Waals surface area contributed by atoms with Crippen LogP contribution in [0, 0.1) is 0 Å². The van der Waals surface area contributed by atoms with Crippen LogP contribution in [-0.4, -0.2) is 36.1 Å². The minimum atomic E-state index is 0.849. The number of aromatic nitrogens is 1. The van der Waals surface area contributed by atoms with Crippen LogP contribution in [0.1, 0.15) is 25.0 Å². The van der Waals surface area contributed by atoms with Crippen molar-refractivity contribution in [2.75, 3.05) is 26.2 Å². The first kappa shape index (κ1) is 13.0. The standard InChI is InChI=1S/C13H20BrN3/c14-12-5-3-7-16-13(12)11-15-6-4-10-17-8-1-2-9-17/h3,5,7,15H,1-2,4,6,8-11H2. The van der Waals surface area contributed by atoms with Gasteiger partial charge >= 0.3 is 0 Å². The summed E-state index contributed by atoms with van der Waals surface area (Å²) in [5.74, 6) is 0. The highest BCUT2D eigenvalue weighted by molar-refractivity contribution is 9.10. The van der Waals surface area contributed by atoms with Gasteiger partial charge in [-0.05, 0) is 73.5 Å². The Balaban J connectivity index is 1.58. The second-order valence-electron chi connectivity index (χ2n) is 4.51. The van der Waals surface area contributed by atoms with Gasteiger partial charge in [0.05, 0.1) is 5.69 Å². The molecule has 1 saturated heterocycles. The molecule has 1 aromatic heterocycles. The molecule has 0 saturated carbocycles. The molecule has 1 fully saturated rings. The largest absolute Gasteiger partial charge is 0.311 e. The monoisotopic (exact) mass is 297 g/mol. The van der Waals surface area contributed by atoms with Crippen molar-refractivity contribution in [2.45, 2.75) is 25.8 Å². The Bertz CT molecular complexity index is 337. The minimum Gasteiger partial charge on any atom is -0.311 e. The van der Waals surface area contributed by atoms with E-state index in [1.54, 1.807) is 0 Å². The molecule has 0 amide bonds. The number of nitrogens with zero attached hydrogens (tertiary/aromatic N) is 2. The quantitative estimate of drug-likeness (QED) is 0.818. The Morgan fingerprint density at radius 1 is 1.35 bits per heavy atom. The van der Waals surface area contributed by atoms with Gasteiger partial charge in [0.15, 0.2) is 0 Å². The maximum Gasteiger partial charge on any atom is 0.0683 e. The van der Waals surface area contributed by atoms with Crippen LogP contribution in [0.2, 0.25) is 0 Å². The molecule has 2 rings (SSSR count). The lowest BCUT2D eigenvalue weighted by Crippen LogP contribution is -2.24. The van der Waals surface area contributed by atoms with E-state index in [2.05, 4.69) is 31.1 Å². The highest BCUT2D eigenvalue weighted by atomic mass is 79.9. The fourth-order valence-corrected chi connectivity index (χ4v) is 2.58. The normalized spacial score (nSPS) is 16.5. The molecule has 0 aliphatic carbocycles. The van der Waals surface area contributed by atoms with E-state index in [1.807, 2.05) is 18.3 Å². The maximum absolute atomic E-state index is 4.33. The number of likely N-dealkylation sites (tertiary alicyclic amines) is 1. The molecule has 4 heteroatoms. The number of pyridine rings is 1. The van der Waals surface area contributed by atoms with Gasteiger partial charge in [0.1, 0.15) is 0 Å². The molecule has 0 spiro atoms. The van der Waals surface area contributed by atoms with E-state index in [4.69, 9.17) is 0 Å². The van der Waals surface area contributed by atoms with Crippen LogP contribution in [0.15, 0.2) is 22.8 Å². The van der Waals surface area contributed by atoms with Crippen LogP contribution in [0.25, 0.3) is 0 Å². The summed E-state index contributed by atoms with van der Waals surface area (Å²) in [6, 6.07) is 3.98. The highest BCUT2D eigenvalue weighted by Crippen LogP contribution is 2.12. The highest BCUT2D eigenvalue weighted by Gasteiger charge is 2.09. The van der Waals surface area contributed by atoms with Crippen molar-refractivity contribution in [1.82, 2.24) is 15.2 Å². The molecule has 3 nitrogen and oxygen atoms in total. The van der Waals surface area contributed by atoms with Crippen LogP contribution in [0.5, 0.6) is 0 Å². The van der Waals surface area contributed by atoms with Gasteiger partial charge in [-0.2, -0.15) is 0 Å². The number of rotatable bonds is 6. The third-order valence-electron chi connectivity index (χ3n) is 3.15. The Kier molecular flexibility index (Phi) is 5.42. The van der Waals surface area contributed by atoms with Crippen molar-refractivity contribution in [2.24, 2.45) is 0 Å². The molecule has 94 valence electrons. The van der Waals surface area contributed by atoms with Crippen molar-refractivity contribution < 1.29 is 0 Å². The van der Waals surface area contributed by atoms with Crippen LogP contribution >= 0.6 is 15.9 Å². The number of nitrogens with one attached hydrogen (secondary N) is 1. The molecular weight excluding hydrogens is 278 g/mol. The van der Waals surface area contributed by atoms with Gasteiger partial charge in [0.25, 0.3) is 0 Å². The molecule has 0 atom stereocenters. The molecule has 2 heterocycles. The van der Waals surface area contributed by atoms with Crippen molar-refractivity contribution in [3.8, 4) is 0 Å². The summed E-state index contributed by atoms with van der Waals surface area (Å²) in [4.78, 5) is 6.89. The lowest BCUT2D eigenvalue weighted by Gasteiger charge is -2.14. The molecule has 1 aliphatic heterocycles. The van der Waals surface area contributed by atoms with E-state index in [-0.39, 0.29) is 0 Å². The van der Waals surface area contributed by atoms with Crippen molar-refractivity contribution in [3.05, 3.63) is 28.5 Å². The summed E-state index contributed by atoms with van der Waals surface area (Å²) < 4.78 is 1.09. The molecular formula is C13H20BrN3. The van der Waals surface area contributed by atoms with E-state index in [9.17, 15) is 0 Å². The Morgan fingerprint density at radius 2 is 2.18 bits per heavy atom. The summed E-state index contributed by atoms with van der Waals surface area (Å²) in [6.45, 7) is 5.74. The van der Waals surface area contributed by atoms with Crippen molar-refractivity contribution >= 4 is 15.9 Å². The zero-order valence-electron chi connectivity index (χ0n) is 10.2. The third kappa shape index (κ3) is 4.37. The first-order chi connectivity index (χ1) is 8.36. The van der Waals surface area contributed by atoms with Gasteiger partial charge < -0.3 is 10.2 Å². The SMILES string of the molecule is Brc1cccnc1CNCCCN1CCCC1. The lowest BCUT2D eigenvalue weighted by atomic mass is 10.3. The van der Waals surface area contributed by atoms with Gasteiger partial charge in [0.2, 0.25) is 0 Å². The fraction of sp³-hybridized carbons (Fsp3) is 0.615. The molecule has 1 aliphatic rings. The van der Waals surface area contributed by atoms with Crippen LogP contribution in [0.4, 0.5) is 0 Å². The molecule has 1 N–H and O–H groups in total. The molecule has 1 aromatic rings. The Morgan fingerprint density at radius 3 is 2.94 bits per heavy atom. The smallest absolute Gasteiger partial charge is 0.0683 e. The predicted molar refractivity (Wildman–Crippen MR) is 73.9 cm³/mol. The molecule has 0 bridgehead atoms. The fourth-order valence-electron chi connectivity index (χ4n) is 2.19. The van der Waals surface area contributed by atoms with Gasteiger partial charge in [-0.1, -0.05) is 0 Å². The van der Waals surface area contributed by atoms with Crippen LogP contribution in [0.3, 0.4) is 0 Å². The Labute approximate surface area is 112 Å². The third-order valence-corrected chi connectivity index (χ3v) is 3.88. The van der Waals surface area contributed by atoms with Gasteiger partial charge in [-0.3, -0.25) is 4.98 Å². The van der Waals surface area contributed by atoms with Gasteiger partial charge in [-0.15, -0.1) is 0 Å². The Hall–Kier alpha value is -0.450. The summed E-state index contributed by atoms with van der Waals surface area (Å²) in [5, 5.41) is 3.45. The first-order valence-corrected chi connectivity index (χ1v) is 7.18. The maximum atomic E-state index is 4.33. The predicted octanol–water partition coefficient (Wildman–Crippen LogP) is 2.42. The minimum absolute atomic E-state index is 0.849. The van der Waals surface area contributed by atoms with E-state index >= 15 is 0 Å². The zero-order chi connectivity index (χ0) is 11.9. The van der Waals surface area contributed by atoms with Crippen molar-refractivity contribution in [3.63, 3.8) is 0 Å². The second kappa shape index (κ2) is 7.09. The first-order valence-electron chi connectivity index (χ1n) is 6.39. The number of hydrogen-bond acceptors (Lipinski definition) is 3. The topological polar surface area (TPSA) is 28.2 Å². The van der Waals surface area contributed by atoms with Crippen LogP contribution < -0.4 is 5.32 Å². The zero-order valence-corrected chi connectivity index (χ0v) is 11.7.